The molecule has 6 heteroatoms. The second kappa shape index (κ2) is 6.91. The van der Waals surface area contributed by atoms with Crippen LogP contribution >= 0.6 is 0 Å². The third-order valence-electron chi connectivity index (χ3n) is 2.90. The van der Waals surface area contributed by atoms with Crippen molar-refractivity contribution >= 4 is 11.9 Å². The molecule has 2 atom stereocenters. The number of carboxylic acids is 1. The minimum Gasteiger partial charge on any atom is -0.496 e. The smallest absolute Gasteiger partial charge is 0.328 e. The van der Waals surface area contributed by atoms with Crippen LogP contribution in [0.25, 0.3) is 0 Å². The number of carboxylic acid groups (broad SMARTS) is 1. The Balaban J connectivity index is 2.73. The van der Waals surface area contributed by atoms with E-state index in [2.05, 4.69) is 5.32 Å². The van der Waals surface area contributed by atoms with Gasteiger partial charge in [0.15, 0.2) is 6.04 Å². The molecule has 0 bridgehead atoms. The summed E-state index contributed by atoms with van der Waals surface area (Å²) >= 11 is 0. The summed E-state index contributed by atoms with van der Waals surface area (Å²) in [5, 5.41) is 20.5. The van der Waals surface area contributed by atoms with Gasteiger partial charge >= 0.3 is 5.97 Å². The van der Waals surface area contributed by atoms with Crippen molar-refractivity contribution in [3.8, 4) is 5.75 Å². The molecule has 1 aromatic carbocycles. The molecule has 0 heterocycles. The van der Waals surface area contributed by atoms with Crippen molar-refractivity contribution in [2.75, 3.05) is 7.11 Å². The van der Waals surface area contributed by atoms with Gasteiger partial charge in [0, 0.05) is 0 Å². The molecule has 0 saturated heterocycles. The number of amides is 1. The maximum Gasteiger partial charge on any atom is 0.328 e. The summed E-state index contributed by atoms with van der Waals surface area (Å²) in [7, 11) is 1.54. The van der Waals surface area contributed by atoms with E-state index >= 15 is 0 Å². The van der Waals surface area contributed by atoms with E-state index in [-0.39, 0.29) is 6.42 Å². The number of methoxy groups -OCH3 is 1. The van der Waals surface area contributed by atoms with Gasteiger partial charge < -0.3 is 20.3 Å². The predicted octanol–water partition coefficient (Wildman–Crippen LogP) is 0.496. The molecule has 0 aliphatic rings. The van der Waals surface area contributed by atoms with E-state index in [9.17, 15) is 14.7 Å². The number of hydrogen-bond donors (Lipinski definition) is 3. The Morgan fingerprint density at radius 1 is 1.40 bits per heavy atom. The second-order valence-electron chi connectivity index (χ2n) is 4.60. The van der Waals surface area contributed by atoms with Gasteiger partial charge in [0.25, 0.3) is 0 Å². The highest BCUT2D eigenvalue weighted by Crippen LogP contribution is 2.19. The van der Waals surface area contributed by atoms with E-state index in [4.69, 9.17) is 9.84 Å². The van der Waals surface area contributed by atoms with Crippen LogP contribution in [0.3, 0.4) is 0 Å². The fourth-order valence-electron chi connectivity index (χ4n) is 1.77. The summed E-state index contributed by atoms with van der Waals surface area (Å²) < 4.78 is 5.16. The molecule has 6 nitrogen and oxygen atoms in total. The normalized spacial score (nSPS) is 13.4. The van der Waals surface area contributed by atoms with Crippen molar-refractivity contribution in [2.24, 2.45) is 0 Å². The highest BCUT2D eigenvalue weighted by molar-refractivity contribution is 5.85. The monoisotopic (exact) mass is 281 g/mol. The highest BCUT2D eigenvalue weighted by Gasteiger charge is 2.24. The molecule has 20 heavy (non-hydrogen) atoms. The summed E-state index contributed by atoms with van der Waals surface area (Å²) in [6.07, 6.45) is -1.14. The molecule has 0 aromatic heterocycles. The number of ether oxygens (including phenoxy) is 1. The van der Waals surface area contributed by atoms with E-state index < -0.39 is 24.0 Å². The number of nitrogens with one attached hydrogen (secondary N) is 1. The predicted molar refractivity (Wildman–Crippen MR) is 72.7 cm³/mol. The summed E-state index contributed by atoms with van der Waals surface area (Å²) in [5.74, 6) is -1.07. The molecule has 0 fully saturated rings. The maximum atomic E-state index is 11.8. The van der Waals surface area contributed by atoms with Gasteiger partial charge in [0.2, 0.25) is 5.91 Å². The molecule has 0 unspecified atom stereocenters. The molecule has 1 rings (SSSR count). The van der Waals surface area contributed by atoms with Crippen LogP contribution in [-0.2, 0) is 16.0 Å². The van der Waals surface area contributed by atoms with E-state index in [1.807, 2.05) is 13.0 Å². The Morgan fingerprint density at radius 3 is 2.55 bits per heavy atom. The molecule has 0 saturated carbocycles. The zero-order chi connectivity index (χ0) is 15.3. The highest BCUT2D eigenvalue weighted by atomic mass is 16.5. The van der Waals surface area contributed by atoms with Crippen molar-refractivity contribution in [1.29, 1.82) is 0 Å². The average Bonchev–Trinajstić information content (AvgIpc) is 2.37. The Bertz CT molecular complexity index is 498. The first-order valence-electron chi connectivity index (χ1n) is 6.19. The molecule has 0 radical (unpaired) electrons. The van der Waals surface area contributed by atoms with Crippen molar-refractivity contribution in [3.05, 3.63) is 29.3 Å². The van der Waals surface area contributed by atoms with Crippen molar-refractivity contribution < 1.29 is 24.5 Å². The lowest BCUT2D eigenvalue weighted by Gasteiger charge is -2.17. The summed E-state index contributed by atoms with van der Waals surface area (Å²) in [6.45, 7) is 3.20. The fraction of sp³-hybridized carbons (Fsp3) is 0.429. The zero-order valence-electron chi connectivity index (χ0n) is 11.7. The Kier molecular flexibility index (Phi) is 5.52. The maximum absolute atomic E-state index is 11.8. The zero-order valence-corrected chi connectivity index (χ0v) is 11.7. The summed E-state index contributed by atoms with van der Waals surface area (Å²) in [4.78, 5) is 22.7. The lowest BCUT2D eigenvalue weighted by atomic mass is 10.1. The van der Waals surface area contributed by atoms with Crippen molar-refractivity contribution in [1.82, 2.24) is 5.32 Å². The van der Waals surface area contributed by atoms with Gasteiger partial charge in [0.1, 0.15) is 5.75 Å². The van der Waals surface area contributed by atoms with Crippen molar-refractivity contribution in [2.45, 2.75) is 32.4 Å². The van der Waals surface area contributed by atoms with Crippen LogP contribution in [0.4, 0.5) is 0 Å². The third kappa shape index (κ3) is 4.24. The number of aliphatic hydroxyl groups excluding tert-OH is 1. The van der Waals surface area contributed by atoms with Crippen LogP contribution in [0.5, 0.6) is 5.75 Å². The molecular formula is C14H19NO5. The van der Waals surface area contributed by atoms with E-state index in [0.29, 0.717) is 11.3 Å². The lowest BCUT2D eigenvalue weighted by Crippen LogP contribution is -2.48. The molecule has 1 aromatic rings. The van der Waals surface area contributed by atoms with Crippen LogP contribution in [0, 0.1) is 6.92 Å². The molecule has 0 aliphatic heterocycles. The number of carbonyl (C=O) groups is 2. The number of aliphatic carboxylic acids is 1. The minimum atomic E-state index is -1.31. The van der Waals surface area contributed by atoms with Crippen molar-refractivity contribution in [3.63, 3.8) is 0 Å². The molecule has 0 spiro atoms. The Labute approximate surface area is 117 Å². The molecule has 110 valence electrons. The van der Waals surface area contributed by atoms with Crippen LogP contribution < -0.4 is 10.1 Å². The fourth-order valence-corrected chi connectivity index (χ4v) is 1.77. The standard InChI is InChI=1S/C14H19NO5/c1-8-4-5-10(6-11(8)20-3)7-12(17)15-13(9(2)16)14(18)19/h4-6,9,13,16H,7H2,1-3H3,(H,15,17)(H,18,19)/t9-,13+/m1/s1. The largest absolute Gasteiger partial charge is 0.496 e. The number of hydrogen-bond acceptors (Lipinski definition) is 4. The first-order chi connectivity index (χ1) is 9.35. The molecular weight excluding hydrogens is 262 g/mol. The molecule has 0 aliphatic carbocycles. The van der Waals surface area contributed by atoms with Gasteiger partial charge in [-0.1, -0.05) is 12.1 Å². The van der Waals surface area contributed by atoms with E-state index in [0.717, 1.165) is 5.56 Å². The Hall–Kier alpha value is -2.08. The Morgan fingerprint density at radius 2 is 2.05 bits per heavy atom. The number of carbonyl (C=O) groups excluding carboxylic acids is 1. The van der Waals surface area contributed by atoms with Crippen LogP contribution in [0.1, 0.15) is 18.1 Å². The third-order valence-corrected chi connectivity index (χ3v) is 2.90. The van der Waals surface area contributed by atoms with E-state index in [1.54, 1.807) is 19.2 Å². The molecule has 1 amide bonds. The van der Waals surface area contributed by atoms with Crippen LogP contribution in [0.2, 0.25) is 0 Å². The van der Waals surface area contributed by atoms with Crippen LogP contribution in [0.15, 0.2) is 18.2 Å². The first-order valence-corrected chi connectivity index (χ1v) is 6.19. The number of aliphatic hydroxyl groups is 1. The van der Waals surface area contributed by atoms with Gasteiger partial charge in [-0.3, -0.25) is 4.79 Å². The summed E-state index contributed by atoms with van der Waals surface area (Å²) in [6, 6.07) is 4.02. The lowest BCUT2D eigenvalue weighted by molar-refractivity contribution is -0.144. The average molecular weight is 281 g/mol. The second-order valence-corrected chi connectivity index (χ2v) is 4.60. The first kappa shape index (κ1) is 16.0. The van der Waals surface area contributed by atoms with Gasteiger partial charge in [0.05, 0.1) is 19.6 Å². The van der Waals surface area contributed by atoms with Gasteiger partial charge in [-0.05, 0) is 31.0 Å². The van der Waals surface area contributed by atoms with Gasteiger partial charge in [-0.15, -0.1) is 0 Å². The van der Waals surface area contributed by atoms with Gasteiger partial charge in [-0.25, -0.2) is 4.79 Å². The quantitative estimate of drug-likeness (QED) is 0.705. The number of benzene rings is 1. The SMILES string of the molecule is COc1cc(CC(=O)N[C@H](C(=O)O)[C@@H](C)O)ccc1C. The van der Waals surface area contributed by atoms with Crippen LogP contribution in [-0.4, -0.2) is 41.3 Å². The number of rotatable bonds is 6. The van der Waals surface area contributed by atoms with Gasteiger partial charge in [-0.2, -0.15) is 0 Å². The summed E-state index contributed by atoms with van der Waals surface area (Å²) in [5.41, 5.74) is 1.66. The number of aryl methyl sites for hydroxylation is 1. The molecule has 3 N–H and O–H groups in total. The van der Waals surface area contributed by atoms with E-state index in [1.165, 1.54) is 6.92 Å². The topological polar surface area (TPSA) is 95.9 Å². The minimum absolute atomic E-state index is 0.0210.